The normalized spacial score (nSPS) is 13.1. The standard InChI is InChI=1S/C10H12N2OS/c1-7-9(5-12(2)11-7)10(13)8-3-4-14-6-8/h3-6,10,13H,1-2H3. The highest BCUT2D eigenvalue weighted by atomic mass is 32.1. The van der Waals surface area contributed by atoms with Crippen LogP contribution in [0.4, 0.5) is 0 Å². The van der Waals surface area contributed by atoms with Gasteiger partial charge in [-0.3, -0.25) is 4.68 Å². The maximum Gasteiger partial charge on any atom is 0.108 e. The molecule has 0 amide bonds. The average Bonchev–Trinajstić information content (AvgIpc) is 2.73. The van der Waals surface area contributed by atoms with Gasteiger partial charge in [0.25, 0.3) is 0 Å². The molecule has 0 saturated heterocycles. The van der Waals surface area contributed by atoms with E-state index in [9.17, 15) is 5.11 Å². The number of nitrogens with zero attached hydrogens (tertiary/aromatic N) is 2. The zero-order valence-electron chi connectivity index (χ0n) is 8.14. The van der Waals surface area contributed by atoms with Crippen molar-refractivity contribution in [2.24, 2.45) is 7.05 Å². The Bertz CT molecular complexity index is 419. The minimum Gasteiger partial charge on any atom is -0.383 e. The van der Waals surface area contributed by atoms with Crippen molar-refractivity contribution in [1.82, 2.24) is 9.78 Å². The third-order valence-corrected chi connectivity index (χ3v) is 2.91. The SMILES string of the molecule is Cc1nn(C)cc1C(O)c1ccsc1. The molecule has 2 aromatic rings. The Morgan fingerprint density at radius 3 is 2.86 bits per heavy atom. The highest BCUT2D eigenvalue weighted by molar-refractivity contribution is 7.07. The van der Waals surface area contributed by atoms with Crippen molar-refractivity contribution in [2.75, 3.05) is 0 Å². The van der Waals surface area contributed by atoms with Crippen molar-refractivity contribution >= 4 is 11.3 Å². The molecule has 0 aromatic carbocycles. The van der Waals surface area contributed by atoms with Crippen molar-refractivity contribution in [1.29, 1.82) is 0 Å². The van der Waals surface area contributed by atoms with Crippen molar-refractivity contribution in [2.45, 2.75) is 13.0 Å². The summed E-state index contributed by atoms with van der Waals surface area (Å²) in [6, 6.07) is 1.93. The molecule has 1 N–H and O–H groups in total. The average molecular weight is 208 g/mol. The van der Waals surface area contributed by atoms with E-state index < -0.39 is 6.10 Å². The first-order chi connectivity index (χ1) is 6.68. The fourth-order valence-corrected chi connectivity index (χ4v) is 2.18. The number of aromatic nitrogens is 2. The summed E-state index contributed by atoms with van der Waals surface area (Å²) in [5, 5.41) is 18.1. The van der Waals surface area contributed by atoms with Gasteiger partial charge in [0, 0.05) is 18.8 Å². The number of rotatable bonds is 2. The number of hydrogen-bond acceptors (Lipinski definition) is 3. The molecule has 2 aromatic heterocycles. The van der Waals surface area contributed by atoms with Crippen LogP contribution in [0.1, 0.15) is 22.9 Å². The molecule has 0 radical (unpaired) electrons. The molecule has 0 aliphatic carbocycles. The molecule has 3 nitrogen and oxygen atoms in total. The molecule has 2 heterocycles. The van der Waals surface area contributed by atoms with Gasteiger partial charge in [-0.25, -0.2) is 0 Å². The molecule has 74 valence electrons. The maximum absolute atomic E-state index is 10.0. The number of aliphatic hydroxyl groups excluding tert-OH is 1. The lowest BCUT2D eigenvalue weighted by Gasteiger charge is -2.06. The number of aliphatic hydroxyl groups is 1. The van der Waals surface area contributed by atoms with E-state index in [1.54, 1.807) is 16.0 Å². The first-order valence-electron chi connectivity index (χ1n) is 4.39. The van der Waals surface area contributed by atoms with E-state index in [1.165, 1.54) is 0 Å². The molecule has 0 bridgehead atoms. The molecule has 0 fully saturated rings. The zero-order valence-corrected chi connectivity index (χ0v) is 8.95. The molecular weight excluding hydrogens is 196 g/mol. The minimum atomic E-state index is -0.546. The van der Waals surface area contributed by atoms with E-state index in [4.69, 9.17) is 0 Å². The maximum atomic E-state index is 10.0. The second-order valence-electron chi connectivity index (χ2n) is 3.30. The molecule has 0 aliphatic rings. The third kappa shape index (κ3) is 1.58. The lowest BCUT2D eigenvalue weighted by Crippen LogP contribution is -1.98. The third-order valence-electron chi connectivity index (χ3n) is 2.20. The van der Waals surface area contributed by atoms with Gasteiger partial charge in [-0.15, -0.1) is 0 Å². The van der Waals surface area contributed by atoms with Crippen molar-refractivity contribution in [3.8, 4) is 0 Å². The lowest BCUT2D eigenvalue weighted by atomic mass is 10.1. The molecule has 1 unspecified atom stereocenters. The lowest BCUT2D eigenvalue weighted by molar-refractivity contribution is 0.220. The smallest absolute Gasteiger partial charge is 0.108 e. The molecule has 2 rings (SSSR count). The number of thiophene rings is 1. The molecule has 0 spiro atoms. The van der Waals surface area contributed by atoms with Crippen molar-refractivity contribution in [3.05, 3.63) is 39.8 Å². The number of hydrogen-bond donors (Lipinski definition) is 1. The number of aryl methyl sites for hydroxylation is 2. The summed E-state index contributed by atoms with van der Waals surface area (Å²) in [5.74, 6) is 0. The second-order valence-corrected chi connectivity index (χ2v) is 4.08. The Morgan fingerprint density at radius 1 is 1.57 bits per heavy atom. The van der Waals surface area contributed by atoms with Crippen LogP contribution >= 0.6 is 11.3 Å². The summed E-state index contributed by atoms with van der Waals surface area (Å²) in [5.41, 5.74) is 2.70. The van der Waals surface area contributed by atoms with Crippen LogP contribution in [-0.2, 0) is 7.05 Å². The molecular formula is C10H12N2OS. The van der Waals surface area contributed by atoms with Crippen LogP contribution in [0, 0.1) is 6.92 Å². The zero-order chi connectivity index (χ0) is 10.1. The topological polar surface area (TPSA) is 38.0 Å². The van der Waals surface area contributed by atoms with Gasteiger partial charge in [-0.2, -0.15) is 16.4 Å². The molecule has 4 heteroatoms. The van der Waals surface area contributed by atoms with Gasteiger partial charge in [-0.1, -0.05) is 0 Å². The van der Waals surface area contributed by atoms with Gasteiger partial charge >= 0.3 is 0 Å². The molecule has 0 aliphatic heterocycles. The van der Waals surface area contributed by atoms with Crippen LogP contribution in [0.25, 0.3) is 0 Å². The first-order valence-corrected chi connectivity index (χ1v) is 5.33. The molecule has 14 heavy (non-hydrogen) atoms. The fraction of sp³-hybridized carbons (Fsp3) is 0.300. The Morgan fingerprint density at radius 2 is 2.36 bits per heavy atom. The van der Waals surface area contributed by atoms with E-state index in [0.717, 1.165) is 16.8 Å². The van der Waals surface area contributed by atoms with Crippen LogP contribution in [0.5, 0.6) is 0 Å². The van der Waals surface area contributed by atoms with Gasteiger partial charge in [0.2, 0.25) is 0 Å². The van der Waals surface area contributed by atoms with Crippen LogP contribution in [0.15, 0.2) is 23.0 Å². The van der Waals surface area contributed by atoms with Gasteiger partial charge in [0.05, 0.1) is 5.69 Å². The Labute approximate surface area is 86.6 Å². The van der Waals surface area contributed by atoms with Crippen LogP contribution < -0.4 is 0 Å². The Kier molecular flexibility index (Phi) is 2.39. The van der Waals surface area contributed by atoms with E-state index in [2.05, 4.69) is 5.10 Å². The molecule has 0 saturated carbocycles. The van der Waals surface area contributed by atoms with E-state index in [-0.39, 0.29) is 0 Å². The van der Waals surface area contributed by atoms with Crippen LogP contribution in [0.2, 0.25) is 0 Å². The fourth-order valence-electron chi connectivity index (χ4n) is 1.50. The Hall–Kier alpha value is -1.13. The highest BCUT2D eigenvalue weighted by Crippen LogP contribution is 2.25. The monoisotopic (exact) mass is 208 g/mol. The summed E-state index contributed by atoms with van der Waals surface area (Å²) in [6.07, 6.45) is 1.31. The van der Waals surface area contributed by atoms with Crippen molar-refractivity contribution < 1.29 is 5.11 Å². The van der Waals surface area contributed by atoms with Crippen LogP contribution in [0.3, 0.4) is 0 Å². The summed E-state index contributed by atoms with van der Waals surface area (Å²) in [6.45, 7) is 1.91. The van der Waals surface area contributed by atoms with E-state index >= 15 is 0 Å². The quantitative estimate of drug-likeness (QED) is 0.818. The summed E-state index contributed by atoms with van der Waals surface area (Å²) in [7, 11) is 1.86. The van der Waals surface area contributed by atoms with Gasteiger partial charge < -0.3 is 5.11 Å². The van der Waals surface area contributed by atoms with Gasteiger partial charge in [0.1, 0.15) is 6.10 Å². The predicted molar refractivity (Wildman–Crippen MR) is 56.3 cm³/mol. The van der Waals surface area contributed by atoms with E-state index in [1.807, 2.05) is 37.0 Å². The highest BCUT2D eigenvalue weighted by Gasteiger charge is 2.15. The summed E-state index contributed by atoms with van der Waals surface area (Å²) in [4.78, 5) is 0. The Balaban J connectivity index is 2.36. The summed E-state index contributed by atoms with van der Waals surface area (Å²) < 4.78 is 1.72. The first kappa shape index (κ1) is 9.43. The predicted octanol–water partition coefficient (Wildman–Crippen LogP) is 1.87. The molecule has 1 atom stereocenters. The van der Waals surface area contributed by atoms with Gasteiger partial charge in [0.15, 0.2) is 0 Å². The minimum absolute atomic E-state index is 0.546. The van der Waals surface area contributed by atoms with E-state index in [0.29, 0.717) is 0 Å². The van der Waals surface area contributed by atoms with Crippen LogP contribution in [-0.4, -0.2) is 14.9 Å². The second kappa shape index (κ2) is 3.55. The van der Waals surface area contributed by atoms with Crippen molar-refractivity contribution in [3.63, 3.8) is 0 Å². The summed E-state index contributed by atoms with van der Waals surface area (Å²) >= 11 is 1.59. The largest absolute Gasteiger partial charge is 0.383 e. The van der Waals surface area contributed by atoms with Gasteiger partial charge in [-0.05, 0) is 29.3 Å².